The second-order valence-electron chi connectivity index (χ2n) is 7.22. The molecule has 0 aliphatic carbocycles. The molecule has 1 heterocycles. The Balaban J connectivity index is 2.33. The van der Waals surface area contributed by atoms with E-state index in [0.717, 1.165) is 5.56 Å². The number of ketones is 1. The fraction of sp³-hybridized carbons (Fsp3) is 0.579. The molecule has 23 heavy (non-hydrogen) atoms. The van der Waals surface area contributed by atoms with Crippen molar-refractivity contribution in [1.82, 2.24) is 0 Å². The van der Waals surface area contributed by atoms with E-state index >= 15 is 0 Å². The van der Waals surface area contributed by atoms with Gasteiger partial charge in [0.25, 0.3) is 0 Å². The summed E-state index contributed by atoms with van der Waals surface area (Å²) in [6.45, 7) is 8.96. The third-order valence-electron chi connectivity index (χ3n) is 4.26. The van der Waals surface area contributed by atoms with E-state index in [4.69, 9.17) is 9.47 Å². The first kappa shape index (κ1) is 17.7. The van der Waals surface area contributed by atoms with Crippen molar-refractivity contribution in [1.29, 1.82) is 0 Å². The van der Waals surface area contributed by atoms with Crippen molar-refractivity contribution in [3.8, 4) is 0 Å². The van der Waals surface area contributed by atoms with Crippen LogP contribution in [0.25, 0.3) is 0 Å². The molecule has 4 heteroatoms. The van der Waals surface area contributed by atoms with E-state index in [2.05, 4.69) is 0 Å². The highest BCUT2D eigenvalue weighted by molar-refractivity contribution is 5.85. The minimum atomic E-state index is -1.05. The lowest BCUT2D eigenvalue weighted by atomic mass is 9.85. The molecule has 0 amide bonds. The first-order valence-electron chi connectivity index (χ1n) is 8.15. The zero-order valence-corrected chi connectivity index (χ0v) is 14.6. The Morgan fingerprint density at radius 2 is 1.87 bits per heavy atom. The molecule has 0 unspecified atom stereocenters. The van der Waals surface area contributed by atoms with Gasteiger partial charge in [0.15, 0.2) is 5.60 Å². The Hall–Kier alpha value is -1.68. The molecule has 0 aromatic heterocycles. The Morgan fingerprint density at radius 1 is 1.26 bits per heavy atom. The fourth-order valence-electron chi connectivity index (χ4n) is 3.01. The lowest BCUT2D eigenvalue weighted by Crippen LogP contribution is -2.43. The van der Waals surface area contributed by atoms with E-state index in [1.54, 1.807) is 6.92 Å². The molecule has 0 spiro atoms. The minimum absolute atomic E-state index is 0.0396. The summed E-state index contributed by atoms with van der Waals surface area (Å²) in [5, 5.41) is 0. The van der Waals surface area contributed by atoms with E-state index in [1.807, 2.05) is 58.0 Å². The van der Waals surface area contributed by atoms with Crippen molar-refractivity contribution in [3.63, 3.8) is 0 Å². The van der Waals surface area contributed by atoms with Crippen LogP contribution in [-0.2, 0) is 19.1 Å². The number of esters is 1. The molecule has 1 aliphatic heterocycles. The molecular formula is C19H26O4. The van der Waals surface area contributed by atoms with Crippen LogP contribution in [0, 0.1) is 5.92 Å². The Kier molecular flexibility index (Phi) is 4.95. The molecule has 126 valence electrons. The number of hydrogen-bond donors (Lipinski definition) is 0. The number of Topliss-reactive ketones (excluding diaryl/α,β-unsaturated/α-hetero) is 1. The predicted octanol–water partition coefficient (Wildman–Crippen LogP) is 3.84. The molecule has 0 bridgehead atoms. The summed E-state index contributed by atoms with van der Waals surface area (Å²) in [5.41, 5.74) is -0.713. The average Bonchev–Trinajstić information content (AvgIpc) is 2.88. The van der Waals surface area contributed by atoms with E-state index in [-0.39, 0.29) is 17.7 Å². The number of rotatable bonds is 4. The van der Waals surface area contributed by atoms with Crippen LogP contribution in [0.15, 0.2) is 30.3 Å². The number of carbonyl (C=O) groups is 2. The number of ether oxygens (including phenoxy) is 2. The van der Waals surface area contributed by atoms with Crippen LogP contribution in [0.4, 0.5) is 0 Å². The van der Waals surface area contributed by atoms with Crippen LogP contribution >= 0.6 is 0 Å². The van der Waals surface area contributed by atoms with Crippen LogP contribution in [0.1, 0.15) is 59.1 Å². The molecule has 0 radical (unpaired) electrons. The maximum absolute atomic E-state index is 12.7. The zero-order chi connectivity index (χ0) is 17.3. The van der Waals surface area contributed by atoms with Gasteiger partial charge >= 0.3 is 5.97 Å². The maximum atomic E-state index is 12.7. The fourth-order valence-corrected chi connectivity index (χ4v) is 3.01. The second kappa shape index (κ2) is 6.44. The van der Waals surface area contributed by atoms with Crippen LogP contribution in [0.5, 0.6) is 0 Å². The van der Waals surface area contributed by atoms with Crippen molar-refractivity contribution < 1.29 is 19.1 Å². The number of hydrogen-bond acceptors (Lipinski definition) is 4. The van der Waals surface area contributed by atoms with Crippen molar-refractivity contribution >= 4 is 11.8 Å². The third-order valence-corrected chi connectivity index (χ3v) is 4.26. The van der Waals surface area contributed by atoms with E-state index in [0.29, 0.717) is 12.8 Å². The summed E-state index contributed by atoms with van der Waals surface area (Å²) in [6.07, 6.45) is 0.448. The van der Waals surface area contributed by atoms with Gasteiger partial charge in [-0.3, -0.25) is 4.79 Å². The Morgan fingerprint density at radius 3 is 2.35 bits per heavy atom. The molecule has 1 saturated heterocycles. The van der Waals surface area contributed by atoms with Crippen molar-refractivity contribution in [2.24, 2.45) is 5.92 Å². The molecule has 1 fully saturated rings. The van der Waals surface area contributed by atoms with Crippen LogP contribution in [0.2, 0.25) is 0 Å². The Bertz CT molecular complexity index is 573. The smallest absolute Gasteiger partial charge is 0.338 e. The normalized spacial score (nSPS) is 27.7. The largest absolute Gasteiger partial charge is 0.458 e. The average molecular weight is 318 g/mol. The van der Waals surface area contributed by atoms with Crippen LogP contribution < -0.4 is 0 Å². The standard InChI is InChI=1S/C19H26O4/c1-6-19(17(21)23-18(3,4)5)12-15(13(2)20)16(22-19)14-10-8-7-9-11-14/h7-11,15-16H,6,12H2,1-5H3/t15-,16+,19+/m0/s1. The van der Waals surface area contributed by atoms with E-state index < -0.39 is 17.3 Å². The van der Waals surface area contributed by atoms with E-state index in [9.17, 15) is 9.59 Å². The highest BCUT2D eigenvalue weighted by atomic mass is 16.6. The monoisotopic (exact) mass is 318 g/mol. The summed E-state index contributed by atoms with van der Waals surface area (Å²) in [5.74, 6) is -0.667. The molecular weight excluding hydrogens is 292 g/mol. The minimum Gasteiger partial charge on any atom is -0.458 e. The van der Waals surface area contributed by atoms with Crippen molar-refractivity contribution in [2.45, 2.75) is 64.8 Å². The highest BCUT2D eigenvalue weighted by Gasteiger charge is 2.53. The van der Waals surface area contributed by atoms with Gasteiger partial charge in [-0.2, -0.15) is 0 Å². The molecule has 1 aromatic carbocycles. The molecule has 0 saturated carbocycles. The van der Waals surface area contributed by atoms with Crippen LogP contribution in [0.3, 0.4) is 0 Å². The first-order valence-corrected chi connectivity index (χ1v) is 8.15. The number of carbonyl (C=O) groups excluding carboxylic acids is 2. The highest BCUT2D eigenvalue weighted by Crippen LogP contribution is 2.47. The van der Waals surface area contributed by atoms with Gasteiger partial charge < -0.3 is 9.47 Å². The topological polar surface area (TPSA) is 52.6 Å². The van der Waals surface area contributed by atoms with Gasteiger partial charge in [-0.1, -0.05) is 37.3 Å². The number of benzene rings is 1. The van der Waals surface area contributed by atoms with Crippen molar-refractivity contribution in [3.05, 3.63) is 35.9 Å². The second-order valence-corrected chi connectivity index (χ2v) is 7.22. The molecule has 1 aliphatic rings. The zero-order valence-electron chi connectivity index (χ0n) is 14.6. The van der Waals surface area contributed by atoms with Gasteiger partial charge in [0, 0.05) is 0 Å². The van der Waals surface area contributed by atoms with E-state index in [1.165, 1.54) is 0 Å². The molecule has 2 rings (SSSR count). The van der Waals surface area contributed by atoms with Gasteiger partial charge in [0.05, 0.1) is 12.0 Å². The van der Waals surface area contributed by atoms with Gasteiger partial charge in [-0.15, -0.1) is 0 Å². The summed E-state index contributed by atoms with van der Waals surface area (Å²) in [7, 11) is 0. The summed E-state index contributed by atoms with van der Waals surface area (Å²) in [6, 6.07) is 9.61. The summed E-state index contributed by atoms with van der Waals surface area (Å²) in [4.78, 5) is 24.8. The van der Waals surface area contributed by atoms with Gasteiger partial charge in [0.1, 0.15) is 11.4 Å². The van der Waals surface area contributed by atoms with Gasteiger partial charge in [-0.25, -0.2) is 4.79 Å². The first-order chi connectivity index (χ1) is 10.7. The molecule has 1 aromatic rings. The summed E-state index contributed by atoms with van der Waals surface area (Å²) >= 11 is 0. The van der Waals surface area contributed by atoms with Gasteiger partial charge in [-0.05, 0) is 46.1 Å². The predicted molar refractivity (Wildman–Crippen MR) is 87.9 cm³/mol. The van der Waals surface area contributed by atoms with Gasteiger partial charge in [0.2, 0.25) is 0 Å². The quantitative estimate of drug-likeness (QED) is 0.791. The molecule has 0 N–H and O–H groups in total. The molecule has 4 nitrogen and oxygen atoms in total. The molecule has 3 atom stereocenters. The maximum Gasteiger partial charge on any atom is 0.338 e. The lowest BCUT2D eigenvalue weighted by Gasteiger charge is -2.30. The van der Waals surface area contributed by atoms with Crippen LogP contribution in [-0.4, -0.2) is 23.0 Å². The SMILES string of the molecule is CC[C@]1(C(=O)OC(C)(C)C)C[C@@H](C(C)=O)[C@@H](c2ccccc2)O1. The summed E-state index contributed by atoms with van der Waals surface area (Å²) < 4.78 is 11.7. The third kappa shape index (κ3) is 3.81. The Labute approximate surface area is 138 Å². The van der Waals surface area contributed by atoms with Crippen molar-refractivity contribution in [2.75, 3.05) is 0 Å². The lowest BCUT2D eigenvalue weighted by molar-refractivity contribution is -0.183.